The van der Waals surface area contributed by atoms with Crippen molar-refractivity contribution in [2.24, 2.45) is 4.99 Å². The number of anilines is 1. The van der Waals surface area contributed by atoms with Crippen molar-refractivity contribution in [2.75, 3.05) is 37.7 Å². The topological polar surface area (TPSA) is 53.5 Å². The molecular weight excluding hydrogens is 343 g/mol. The molecule has 0 atom stereocenters. The van der Waals surface area contributed by atoms with Gasteiger partial charge >= 0.3 is 0 Å². The van der Waals surface area contributed by atoms with Gasteiger partial charge < -0.3 is 14.6 Å². The van der Waals surface area contributed by atoms with E-state index in [-0.39, 0.29) is 5.82 Å². The molecule has 3 heterocycles. The fraction of sp³-hybridized carbons (Fsp3) is 0.333. The smallest absolute Gasteiger partial charge is 0.129 e. The third-order valence-corrected chi connectivity index (χ3v) is 4.96. The molecule has 27 heavy (non-hydrogen) atoms. The number of aromatic amines is 1. The summed E-state index contributed by atoms with van der Waals surface area (Å²) in [6, 6.07) is 8.90. The molecule has 1 aliphatic heterocycles. The van der Waals surface area contributed by atoms with E-state index in [1.807, 2.05) is 25.4 Å². The first-order valence-electron chi connectivity index (χ1n) is 9.26. The molecule has 1 saturated heterocycles. The Morgan fingerprint density at radius 3 is 2.96 bits per heavy atom. The lowest BCUT2D eigenvalue weighted by atomic mass is 10.1. The molecule has 2 aromatic heterocycles. The van der Waals surface area contributed by atoms with Gasteiger partial charge in [-0.3, -0.25) is 4.99 Å². The third kappa shape index (κ3) is 4.01. The van der Waals surface area contributed by atoms with Crippen LogP contribution in [0.4, 0.5) is 10.2 Å². The van der Waals surface area contributed by atoms with Crippen LogP contribution in [-0.4, -0.2) is 48.5 Å². The second kappa shape index (κ2) is 7.88. The van der Waals surface area contributed by atoms with Crippen molar-refractivity contribution < 1.29 is 9.13 Å². The second-order valence-electron chi connectivity index (χ2n) is 6.72. The quantitative estimate of drug-likeness (QED) is 0.702. The van der Waals surface area contributed by atoms with Gasteiger partial charge in [-0.05, 0) is 49.2 Å². The van der Waals surface area contributed by atoms with Crippen LogP contribution in [0.3, 0.4) is 0 Å². The minimum atomic E-state index is -0.213. The number of H-pyrrole nitrogens is 1. The maximum atomic E-state index is 13.5. The Hall–Kier alpha value is -2.73. The Morgan fingerprint density at radius 2 is 2.11 bits per heavy atom. The monoisotopic (exact) mass is 366 g/mol. The number of nitrogens with one attached hydrogen (secondary N) is 1. The first-order valence-corrected chi connectivity index (χ1v) is 9.26. The Morgan fingerprint density at radius 1 is 1.26 bits per heavy atom. The predicted octanol–water partition coefficient (Wildman–Crippen LogP) is 3.59. The summed E-state index contributed by atoms with van der Waals surface area (Å²) in [7, 11) is 0. The fourth-order valence-corrected chi connectivity index (χ4v) is 3.40. The summed E-state index contributed by atoms with van der Waals surface area (Å²) < 4.78 is 18.9. The van der Waals surface area contributed by atoms with Gasteiger partial charge in [0.25, 0.3) is 0 Å². The summed E-state index contributed by atoms with van der Waals surface area (Å²) >= 11 is 0. The van der Waals surface area contributed by atoms with E-state index in [2.05, 4.69) is 20.9 Å². The summed E-state index contributed by atoms with van der Waals surface area (Å²) in [5.74, 6) is 0.757. The molecule has 1 aliphatic rings. The molecule has 0 unspecified atom stereocenters. The van der Waals surface area contributed by atoms with Crippen LogP contribution in [0.1, 0.15) is 18.1 Å². The Bertz CT molecular complexity index is 960. The van der Waals surface area contributed by atoms with Gasteiger partial charge in [0.05, 0.1) is 13.2 Å². The molecule has 0 spiro atoms. The number of nitrogens with zero attached hydrogens (tertiary/aromatic N) is 3. The number of fused-ring (bicyclic) bond motifs is 1. The number of hydrogen-bond acceptors (Lipinski definition) is 4. The average molecular weight is 366 g/mol. The Labute approximate surface area is 157 Å². The first-order chi connectivity index (χ1) is 13.2. The van der Waals surface area contributed by atoms with E-state index < -0.39 is 0 Å². The van der Waals surface area contributed by atoms with E-state index in [4.69, 9.17) is 9.73 Å². The number of halogens is 1. The number of aliphatic imine (C=N–C) groups is 1. The number of benzene rings is 1. The highest BCUT2D eigenvalue weighted by Crippen LogP contribution is 2.20. The molecule has 5 nitrogen and oxygen atoms in total. The molecule has 0 radical (unpaired) electrons. The minimum absolute atomic E-state index is 0.213. The summed E-state index contributed by atoms with van der Waals surface area (Å²) in [6.07, 6.45) is 4.54. The van der Waals surface area contributed by atoms with Crippen molar-refractivity contribution in [1.82, 2.24) is 9.97 Å². The van der Waals surface area contributed by atoms with Gasteiger partial charge in [0.1, 0.15) is 11.6 Å². The lowest BCUT2D eigenvalue weighted by Gasteiger charge is -2.28. The highest BCUT2D eigenvalue weighted by atomic mass is 19.1. The lowest BCUT2D eigenvalue weighted by Crippen LogP contribution is -2.36. The van der Waals surface area contributed by atoms with Crippen LogP contribution in [0.2, 0.25) is 0 Å². The molecule has 1 aromatic carbocycles. The standard InChI is InChI=1S/C21H23FN4O/c1-15(16-4-7-24-21(12-16)26-8-10-27-11-9-26)23-6-5-17-14-25-20-3-2-18(22)13-19(17)20/h2-4,7,12-14,25H,5-6,8-11H2,1H3. The maximum Gasteiger partial charge on any atom is 0.129 e. The number of aromatic nitrogens is 2. The highest BCUT2D eigenvalue weighted by Gasteiger charge is 2.13. The molecule has 0 saturated carbocycles. The van der Waals surface area contributed by atoms with Gasteiger partial charge in [0, 0.05) is 54.2 Å². The highest BCUT2D eigenvalue weighted by molar-refractivity contribution is 5.99. The van der Waals surface area contributed by atoms with Crippen molar-refractivity contribution in [3.05, 3.63) is 59.7 Å². The van der Waals surface area contributed by atoms with E-state index in [0.717, 1.165) is 66.3 Å². The van der Waals surface area contributed by atoms with Crippen molar-refractivity contribution >= 4 is 22.4 Å². The molecule has 3 aromatic rings. The van der Waals surface area contributed by atoms with Gasteiger partial charge in [-0.2, -0.15) is 0 Å². The van der Waals surface area contributed by atoms with E-state index in [9.17, 15) is 4.39 Å². The van der Waals surface area contributed by atoms with E-state index in [0.29, 0.717) is 6.54 Å². The number of morpholine rings is 1. The van der Waals surface area contributed by atoms with Crippen LogP contribution >= 0.6 is 0 Å². The van der Waals surface area contributed by atoms with Gasteiger partial charge in [-0.1, -0.05) is 0 Å². The van der Waals surface area contributed by atoms with Crippen LogP contribution < -0.4 is 4.90 Å². The van der Waals surface area contributed by atoms with E-state index in [1.54, 1.807) is 12.1 Å². The van der Waals surface area contributed by atoms with Crippen LogP contribution in [0.15, 0.2) is 47.7 Å². The van der Waals surface area contributed by atoms with Crippen molar-refractivity contribution in [2.45, 2.75) is 13.3 Å². The van der Waals surface area contributed by atoms with Gasteiger partial charge in [0.2, 0.25) is 0 Å². The molecule has 4 rings (SSSR count). The van der Waals surface area contributed by atoms with Crippen LogP contribution in [-0.2, 0) is 11.2 Å². The zero-order valence-electron chi connectivity index (χ0n) is 15.4. The van der Waals surface area contributed by atoms with E-state index >= 15 is 0 Å². The van der Waals surface area contributed by atoms with Crippen LogP contribution in [0.5, 0.6) is 0 Å². The van der Waals surface area contributed by atoms with Gasteiger partial charge in [-0.25, -0.2) is 9.37 Å². The number of pyridine rings is 1. The van der Waals surface area contributed by atoms with E-state index in [1.165, 1.54) is 6.07 Å². The molecule has 0 aliphatic carbocycles. The Kier molecular flexibility index (Phi) is 5.16. The zero-order valence-corrected chi connectivity index (χ0v) is 15.4. The first kappa shape index (κ1) is 17.7. The summed E-state index contributed by atoms with van der Waals surface area (Å²) in [5.41, 5.74) is 4.11. The Balaban J connectivity index is 1.45. The molecule has 0 amide bonds. The molecule has 140 valence electrons. The average Bonchev–Trinajstić information content (AvgIpc) is 3.11. The summed E-state index contributed by atoms with van der Waals surface area (Å²) in [6.45, 7) is 5.89. The SMILES string of the molecule is CC(=NCCc1c[nH]c2ccc(F)cc12)c1ccnc(N2CCOCC2)c1. The van der Waals surface area contributed by atoms with Crippen molar-refractivity contribution in [3.8, 4) is 0 Å². The van der Waals surface area contributed by atoms with Crippen molar-refractivity contribution in [3.63, 3.8) is 0 Å². The summed E-state index contributed by atoms with van der Waals surface area (Å²) in [4.78, 5) is 14.6. The number of hydrogen-bond donors (Lipinski definition) is 1. The predicted molar refractivity (Wildman–Crippen MR) is 106 cm³/mol. The lowest BCUT2D eigenvalue weighted by molar-refractivity contribution is 0.122. The third-order valence-electron chi connectivity index (χ3n) is 4.96. The molecular formula is C21H23FN4O. The fourth-order valence-electron chi connectivity index (χ4n) is 3.40. The normalized spacial score (nSPS) is 15.5. The summed E-state index contributed by atoms with van der Waals surface area (Å²) in [5, 5.41) is 0.932. The molecule has 1 fully saturated rings. The molecule has 1 N–H and O–H groups in total. The minimum Gasteiger partial charge on any atom is -0.378 e. The number of rotatable bonds is 5. The second-order valence-corrected chi connectivity index (χ2v) is 6.72. The maximum absolute atomic E-state index is 13.5. The zero-order chi connectivity index (χ0) is 18.6. The largest absolute Gasteiger partial charge is 0.378 e. The van der Waals surface area contributed by atoms with Crippen LogP contribution in [0, 0.1) is 5.82 Å². The molecule has 6 heteroatoms. The molecule has 0 bridgehead atoms. The van der Waals surface area contributed by atoms with Gasteiger partial charge in [0.15, 0.2) is 0 Å². The van der Waals surface area contributed by atoms with Crippen molar-refractivity contribution in [1.29, 1.82) is 0 Å². The van der Waals surface area contributed by atoms with Gasteiger partial charge in [-0.15, -0.1) is 0 Å². The van der Waals surface area contributed by atoms with Crippen LogP contribution in [0.25, 0.3) is 10.9 Å². The number of ether oxygens (including phenoxy) is 1.